The first-order valence-corrected chi connectivity index (χ1v) is 9.99. The molecule has 0 bridgehead atoms. The zero-order valence-electron chi connectivity index (χ0n) is 16.3. The number of amides is 2. The molecule has 1 aliphatic rings. The number of benzene rings is 1. The number of nitrogens with one attached hydrogen (secondary N) is 2. The Labute approximate surface area is 170 Å². The first-order valence-electron chi connectivity index (χ1n) is 9.99. The number of aromatic nitrogens is 4. The lowest BCUT2D eigenvalue weighted by atomic mass is 10.2. The van der Waals surface area contributed by atoms with Gasteiger partial charge < -0.3 is 15.5 Å². The highest BCUT2D eigenvalue weighted by Gasteiger charge is 2.15. The fourth-order valence-corrected chi connectivity index (χ4v) is 3.60. The average Bonchev–Trinajstić information content (AvgIpc) is 3.15. The Morgan fingerprint density at radius 1 is 1.03 bits per heavy atom. The van der Waals surface area contributed by atoms with Gasteiger partial charge in [0, 0.05) is 31.4 Å². The van der Waals surface area contributed by atoms with Crippen LogP contribution in [0.25, 0.3) is 5.82 Å². The molecule has 0 unspecified atom stereocenters. The number of pyridine rings is 1. The lowest BCUT2D eigenvalue weighted by molar-refractivity contribution is 0.251. The monoisotopic (exact) mass is 391 g/mol. The van der Waals surface area contributed by atoms with Gasteiger partial charge in [0.1, 0.15) is 12.7 Å². The second kappa shape index (κ2) is 9.18. The van der Waals surface area contributed by atoms with Crippen LogP contribution in [0.1, 0.15) is 31.2 Å². The van der Waals surface area contributed by atoms with E-state index in [-0.39, 0.29) is 6.03 Å². The average molecular weight is 391 g/mol. The number of nitrogens with zero attached hydrogens (tertiary/aromatic N) is 5. The molecule has 3 heterocycles. The molecule has 8 heteroatoms. The van der Waals surface area contributed by atoms with Crippen LogP contribution in [0.2, 0.25) is 0 Å². The van der Waals surface area contributed by atoms with Crippen LogP contribution in [-0.2, 0) is 6.54 Å². The summed E-state index contributed by atoms with van der Waals surface area (Å²) in [5.41, 5.74) is 2.76. The number of rotatable bonds is 5. The number of hydrogen-bond acceptors (Lipinski definition) is 5. The fourth-order valence-electron chi connectivity index (χ4n) is 3.60. The zero-order valence-corrected chi connectivity index (χ0v) is 16.3. The molecule has 150 valence electrons. The van der Waals surface area contributed by atoms with Crippen molar-refractivity contribution in [3.8, 4) is 5.82 Å². The van der Waals surface area contributed by atoms with Crippen LogP contribution in [-0.4, -0.2) is 38.9 Å². The standard InChI is InChI=1S/C21H25N7O/c29-21(24-14-17-8-7-11-23-20(17)28-16-22-15-25-28)26-18-9-3-4-10-19(18)27-12-5-1-2-6-13-27/h3-4,7-11,15-16H,1-2,5-6,12-14H2,(H2,24,26,29). The Hall–Kier alpha value is -3.42. The molecule has 1 saturated heterocycles. The molecule has 1 fully saturated rings. The predicted octanol–water partition coefficient (Wildman–Crippen LogP) is 3.36. The van der Waals surface area contributed by atoms with Gasteiger partial charge in [-0.15, -0.1) is 0 Å². The topological polar surface area (TPSA) is 88.0 Å². The third kappa shape index (κ3) is 4.71. The number of urea groups is 1. The summed E-state index contributed by atoms with van der Waals surface area (Å²) in [6.45, 7) is 2.38. The Kier molecular flexibility index (Phi) is 5.99. The molecule has 3 aromatic rings. The van der Waals surface area contributed by atoms with Gasteiger partial charge in [-0.1, -0.05) is 31.0 Å². The number of anilines is 2. The van der Waals surface area contributed by atoms with Gasteiger partial charge >= 0.3 is 6.03 Å². The van der Waals surface area contributed by atoms with Gasteiger partial charge in [-0.3, -0.25) is 0 Å². The highest BCUT2D eigenvalue weighted by molar-refractivity contribution is 5.93. The van der Waals surface area contributed by atoms with E-state index in [1.807, 2.05) is 30.3 Å². The Morgan fingerprint density at radius 2 is 1.86 bits per heavy atom. The van der Waals surface area contributed by atoms with Gasteiger partial charge in [0.2, 0.25) is 0 Å². The number of hydrogen-bond donors (Lipinski definition) is 2. The minimum Gasteiger partial charge on any atom is -0.370 e. The Morgan fingerprint density at radius 3 is 2.66 bits per heavy atom. The molecule has 2 amide bonds. The second-order valence-electron chi connectivity index (χ2n) is 7.05. The van der Waals surface area contributed by atoms with Crippen molar-refractivity contribution < 1.29 is 4.79 Å². The van der Waals surface area contributed by atoms with E-state index in [1.54, 1.807) is 17.2 Å². The zero-order chi connectivity index (χ0) is 19.9. The maximum absolute atomic E-state index is 12.6. The molecule has 0 saturated carbocycles. The summed E-state index contributed by atoms with van der Waals surface area (Å²) in [6.07, 6.45) is 9.65. The summed E-state index contributed by atoms with van der Waals surface area (Å²) in [6, 6.07) is 11.5. The molecule has 0 atom stereocenters. The van der Waals surface area contributed by atoms with E-state index in [1.165, 1.54) is 32.0 Å². The molecular formula is C21H25N7O. The highest BCUT2D eigenvalue weighted by atomic mass is 16.2. The first-order chi connectivity index (χ1) is 14.3. The molecule has 0 aliphatic carbocycles. The van der Waals surface area contributed by atoms with Crippen molar-refractivity contribution in [2.45, 2.75) is 32.2 Å². The summed E-state index contributed by atoms with van der Waals surface area (Å²) in [5.74, 6) is 0.648. The van der Waals surface area contributed by atoms with Crippen molar-refractivity contribution in [2.24, 2.45) is 0 Å². The molecule has 2 N–H and O–H groups in total. The molecule has 8 nitrogen and oxygen atoms in total. The first kappa shape index (κ1) is 18.9. The molecular weight excluding hydrogens is 366 g/mol. The third-order valence-corrected chi connectivity index (χ3v) is 5.04. The van der Waals surface area contributed by atoms with E-state index in [9.17, 15) is 4.79 Å². The van der Waals surface area contributed by atoms with E-state index >= 15 is 0 Å². The van der Waals surface area contributed by atoms with Crippen LogP contribution in [0.3, 0.4) is 0 Å². The minimum atomic E-state index is -0.249. The van der Waals surface area contributed by atoms with Crippen LogP contribution in [0.5, 0.6) is 0 Å². The van der Waals surface area contributed by atoms with Crippen LogP contribution < -0.4 is 15.5 Å². The number of carbonyl (C=O) groups is 1. The molecule has 4 rings (SSSR count). The molecule has 0 spiro atoms. The van der Waals surface area contributed by atoms with Gasteiger partial charge in [-0.05, 0) is 31.0 Å². The molecule has 29 heavy (non-hydrogen) atoms. The largest absolute Gasteiger partial charge is 0.370 e. The van der Waals surface area contributed by atoms with Crippen LogP contribution >= 0.6 is 0 Å². The van der Waals surface area contributed by atoms with Crippen molar-refractivity contribution in [1.82, 2.24) is 25.1 Å². The van der Waals surface area contributed by atoms with E-state index in [2.05, 4.69) is 36.7 Å². The van der Waals surface area contributed by atoms with Crippen molar-refractivity contribution in [3.63, 3.8) is 0 Å². The lowest BCUT2D eigenvalue weighted by Gasteiger charge is -2.25. The van der Waals surface area contributed by atoms with E-state index in [0.29, 0.717) is 12.4 Å². The van der Waals surface area contributed by atoms with Crippen LogP contribution in [0.15, 0.2) is 55.2 Å². The maximum atomic E-state index is 12.6. The Bertz CT molecular complexity index is 934. The quantitative estimate of drug-likeness (QED) is 0.696. The predicted molar refractivity (Wildman–Crippen MR) is 112 cm³/mol. The third-order valence-electron chi connectivity index (χ3n) is 5.04. The summed E-state index contributed by atoms with van der Waals surface area (Å²) in [4.78, 5) is 23.3. The second-order valence-corrected chi connectivity index (χ2v) is 7.05. The van der Waals surface area contributed by atoms with Crippen LogP contribution in [0, 0.1) is 0 Å². The Balaban J connectivity index is 1.43. The van der Waals surface area contributed by atoms with Crippen molar-refractivity contribution in [2.75, 3.05) is 23.3 Å². The number of para-hydroxylation sites is 2. The van der Waals surface area contributed by atoms with Crippen molar-refractivity contribution in [3.05, 3.63) is 60.8 Å². The summed E-state index contributed by atoms with van der Waals surface area (Å²) in [7, 11) is 0. The SMILES string of the molecule is O=C(NCc1cccnc1-n1cncn1)Nc1ccccc1N1CCCCCC1. The fraction of sp³-hybridized carbons (Fsp3) is 0.333. The number of carbonyl (C=O) groups excluding carboxylic acids is 1. The highest BCUT2D eigenvalue weighted by Crippen LogP contribution is 2.27. The smallest absolute Gasteiger partial charge is 0.319 e. The van der Waals surface area contributed by atoms with Gasteiger partial charge in [0.05, 0.1) is 11.4 Å². The molecule has 1 aromatic carbocycles. The van der Waals surface area contributed by atoms with E-state index in [0.717, 1.165) is 30.0 Å². The molecule has 1 aliphatic heterocycles. The summed E-state index contributed by atoms with van der Waals surface area (Å²) >= 11 is 0. The molecule has 2 aromatic heterocycles. The normalized spacial score (nSPS) is 14.3. The van der Waals surface area contributed by atoms with E-state index in [4.69, 9.17) is 0 Å². The van der Waals surface area contributed by atoms with Crippen molar-refractivity contribution >= 4 is 17.4 Å². The van der Waals surface area contributed by atoms with Gasteiger partial charge in [0.15, 0.2) is 5.82 Å². The minimum absolute atomic E-state index is 0.249. The van der Waals surface area contributed by atoms with E-state index < -0.39 is 0 Å². The van der Waals surface area contributed by atoms with Gasteiger partial charge in [-0.2, -0.15) is 5.10 Å². The van der Waals surface area contributed by atoms with Crippen LogP contribution in [0.4, 0.5) is 16.2 Å². The lowest BCUT2D eigenvalue weighted by Crippen LogP contribution is -2.30. The van der Waals surface area contributed by atoms with Gasteiger partial charge in [-0.25, -0.2) is 19.4 Å². The summed E-state index contributed by atoms with van der Waals surface area (Å²) < 4.78 is 1.59. The maximum Gasteiger partial charge on any atom is 0.319 e. The van der Waals surface area contributed by atoms with Crippen molar-refractivity contribution in [1.29, 1.82) is 0 Å². The molecule has 0 radical (unpaired) electrons. The summed E-state index contributed by atoms with van der Waals surface area (Å²) in [5, 5.41) is 10.1. The van der Waals surface area contributed by atoms with Gasteiger partial charge in [0.25, 0.3) is 0 Å².